The Hall–Kier alpha value is -1.28. The predicted molar refractivity (Wildman–Crippen MR) is 70.0 cm³/mol. The van der Waals surface area contributed by atoms with Crippen molar-refractivity contribution in [3.8, 4) is 0 Å². The highest BCUT2D eigenvalue weighted by molar-refractivity contribution is 5.81. The zero-order chi connectivity index (χ0) is 11.7. The molecule has 0 bridgehead atoms. The Morgan fingerprint density at radius 3 is 2.71 bits per heavy atom. The maximum Gasteiger partial charge on any atom is 0.0682 e. The van der Waals surface area contributed by atoms with Crippen LogP contribution in [0.25, 0.3) is 10.9 Å². The monoisotopic (exact) mass is 229 g/mol. The first-order chi connectivity index (χ1) is 8.38. The minimum Gasteiger partial charge on any atom is -0.392 e. The number of aliphatic hydroxyl groups is 1. The number of nitrogens with zero attached hydrogens (tertiary/aromatic N) is 1. The molecule has 1 aromatic carbocycles. The molecule has 1 saturated carbocycles. The summed E-state index contributed by atoms with van der Waals surface area (Å²) in [6.45, 7) is 0.130. The molecule has 2 nitrogen and oxygen atoms in total. The van der Waals surface area contributed by atoms with Gasteiger partial charge in [0.15, 0.2) is 0 Å². The van der Waals surface area contributed by atoms with Crippen molar-refractivity contribution in [3.63, 3.8) is 0 Å². The van der Waals surface area contributed by atoms with Gasteiger partial charge >= 0.3 is 0 Å². The highest BCUT2D eigenvalue weighted by Crippen LogP contribution is 2.31. The highest BCUT2D eigenvalue weighted by Gasteiger charge is 2.16. The average molecular weight is 229 g/mol. The SMILES string of the molecule is OCc1ccc2c(ccn2C2CCCCC2)c1. The van der Waals surface area contributed by atoms with Crippen molar-refractivity contribution < 1.29 is 5.11 Å². The molecule has 2 heteroatoms. The molecule has 90 valence electrons. The first kappa shape index (κ1) is 10.8. The van der Waals surface area contributed by atoms with E-state index in [1.54, 1.807) is 0 Å². The largest absolute Gasteiger partial charge is 0.392 e. The lowest BCUT2D eigenvalue weighted by Crippen LogP contribution is -2.11. The molecule has 1 aromatic heterocycles. The van der Waals surface area contributed by atoms with Crippen LogP contribution in [-0.4, -0.2) is 9.67 Å². The van der Waals surface area contributed by atoms with Gasteiger partial charge in [0.1, 0.15) is 0 Å². The summed E-state index contributed by atoms with van der Waals surface area (Å²) < 4.78 is 2.43. The van der Waals surface area contributed by atoms with Gasteiger partial charge in [0.05, 0.1) is 6.61 Å². The quantitative estimate of drug-likeness (QED) is 0.835. The molecular weight excluding hydrogens is 210 g/mol. The van der Waals surface area contributed by atoms with Crippen LogP contribution >= 0.6 is 0 Å². The molecule has 2 aromatic rings. The van der Waals surface area contributed by atoms with Crippen molar-refractivity contribution in [3.05, 3.63) is 36.0 Å². The molecule has 1 fully saturated rings. The van der Waals surface area contributed by atoms with E-state index in [4.69, 9.17) is 5.11 Å². The number of fused-ring (bicyclic) bond motifs is 1. The molecule has 17 heavy (non-hydrogen) atoms. The minimum absolute atomic E-state index is 0.130. The summed E-state index contributed by atoms with van der Waals surface area (Å²) in [5.41, 5.74) is 2.31. The topological polar surface area (TPSA) is 25.2 Å². The van der Waals surface area contributed by atoms with Crippen LogP contribution in [0.2, 0.25) is 0 Å². The second-order valence-corrected chi connectivity index (χ2v) is 5.07. The maximum absolute atomic E-state index is 9.15. The van der Waals surface area contributed by atoms with Gasteiger partial charge in [0.25, 0.3) is 0 Å². The summed E-state index contributed by atoms with van der Waals surface area (Å²) in [6.07, 6.45) is 8.95. The Bertz CT molecular complexity index is 509. The van der Waals surface area contributed by atoms with Crippen molar-refractivity contribution in [2.75, 3.05) is 0 Å². The van der Waals surface area contributed by atoms with Gasteiger partial charge in [0, 0.05) is 17.8 Å². The lowest BCUT2D eigenvalue weighted by molar-refractivity contribution is 0.282. The molecule has 1 aliphatic rings. The van der Waals surface area contributed by atoms with Crippen LogP contribution in [0.5, 0.6) is 0 Å². The lowest BCUT2D eigenvalue weighted by Gasteiger charge is -2.24. The summed E-state index contributed by atoms with van der Waals surface area (Å²) in [4.78, 5) is 0. The summed E-state index contributed by atoms with van der Waals surface area (Å²) >= 11 is 0. The van der Waals surface area contributed by atoms with E-state index in [9.17, 15) is 0 Å². The third kappa shape index (κ3) is 1.98. The maximum atomic E-state index is 9.15. The van der Waals surface area contributed by atoms with Crippen LogP contribution in [-0.2, 0) is 6.61 Å². The Balaban J connectivity index is 1.99. The summed E-state index contributed by atoms with van der Waals surface area (Å²) in [5.74, 6) is 0. The van der Waals surface area contributed by atoms with E-state index in [0.29, 0.717) is 6.04 Å². The number of aromatic nitrogens is 1. The summed E-state index contributed by atoms with van der Waals surface area (Å²) in [7, 11) is 0. The third-order valence-electron chi connectivity index (χ3n) is 3.94. The van der Waals surface area contributed by atoms with Crippen molar-refractivity contribution >= 4 is 10.9 Å². The fraction of sp³-hybridized carbons (Fsp3) is 0.467. The first-order valence-electron chi connectivity index (χ1n) is 6.59. The van der Waals surface area contributed by atoms with Gasteiger partial charge in [-0.2, -0.15) is 0 Å². The Morgan fingerprint density at radius 1 is 1.12 bits per heavy atom. The number of benzene rings is 1. The highest BCUT2D eigenvalue weighted by atomic mass is 16.3. The Kier molecular flexibility index (Phi) is 2.89. The van der Waals surface area contributed by atoms with Crippen LogP contribution in [0.1, 0.15) is 43.7 Å². The fourth-order valence-corrected chi connectivity index (χ4v) is 2.99. The lowest BCUT2D eigenvalue weighted by atomic mass is 9.95. The van der Waals surface area contributed by atoms with Gasteiger partial charge in [-0.05, 0) is 42.0 Å². The zero-order valence-corrected chi connectivity index (χ0v) is 10.1. The van der Waals surface area contributed by atoms with E-state index in [1.807, 2.05) is 6.07 Å². The number of hydrogen-bond acceptors (Lipinski definition) is 1. The van der Waals surface area contributed by atoms with Crippen LogP contribution in [0.4, 0.5) is 0 Å². The normalized spacial score (nSPS) is 17.7. The van der Waals surface area contributed by atoms with E-state index in [1.165, 1.54) is 43.0 Å². The van der Waals surface area contributed by atoms with E-state index in [0.717, 1.165) is 5.56 Å². The van der Waals surface area contributed by atoms with Crippen molar-refractivity contribution in [2.24, 2.45) is 0 Å². The van der Waals surface area contributed by atoms with Crippen LogP contribution in [0.15, 0.2) is 30.5 Å². The van der Waals surface area contributed by atoms with Crippen LogP contribution in [0, 0.1) is 0 Å². The Labute approximate surface area is 102 Å². The molecule has 0 aliphatic heterocycles. The summed E-state index contributed by atoms with van der Waals surface area (Å²) in [6, 6.07) is 9.12. The number of aliphatic hydroxyl groups excluding tert-OH is 1. The second-order valence-electron chi connectivity index (χ2n) is 5.07. The first-order valence-corrected chi connectivity index (χ1v) is 6.59. The molecule has 0 saturated heterocycles. The van der Waals surface area contributed by atoms with Gasteiger partial charge in [-0.25, -0.2) is 0 Å². The van der Waals surface area contributed by atoms with Gasteiger partial charge < -0.3 is 9.67 Å². The predicted octanol–water partition coefficient (Wildman–Crippen LogP) is 3.64. The molecule has 1 heterocycles. The smallest absolute Gasteiger partial charge is 0.0682 e. The molecule has 0 amide bonds. The number of hydrogen-bond donors (Lipinski definition) is 1. The average Bonchev–Trinajstić information content (AvgIpc) is 2.82. The van der Waals surface area contributed by atoms with E-state index in [-0.39, 0.29) is 6.61 Å². The standard InChI is InChI=1S/C15H19NO/c17-11-12-6-7-15-13(10-12)8-9-16(15)14-4-2-1-3-5-14/h6-10,14,17H,1-5,11H2. The fourth-order valence-electron chi connectivity index (χ4n) is 2.99. The second kappa shape index (κ2) is 4.53. The van der Waals surface area contributed by atoms with Gasteiger partial charge in [-0.3, -0.25) is 0 Å². The van der Waals surface area contributed by atoms with Crippen molar-refractivity contribution in [1.29, 1.82) is 0 Å². The van der Waals surface area contributed by atoms with Gasteiger partial charge in [-0.15, -0.1) is 0 Å². The minimum atomic E-state index is 0.130. The molecule has 1 N–H and O–H groups in total. The van der Waals surface area contributed by atoms with Gasteiger partial charge in [-0.1, -0.05) is 25.3 Å². The molecule has 0 spiro atoms. The molecule has 1 aliphatic carbocycles. The third-order valence-corrected chi connectivity index (χ3v) is 3.94. The van der Waals surface area contributed by atoms with Crippen LogP contribution < -0.4 is 0 Å². The summed E-state index contributed by atoms with van der Waals surface area (Å²) in [5, 5.41) is 10.4. The van der Waals surface area contributed by atoms with E-state index < -0.39 is 0 Å². The molecule has 0 unspecified atom stereocenters. The van der Waals surface area contributed by atoms with E-state index >= 15 is 0 Å². The van der Waals surface area contributed by atoms with E-state index in [2.05, 4.69) is 29.0 Å². The van der Waals surface area contributed by atoms with Crippen molar-refractivity contribution in [1.82, 2.24) is 4.57 Å². The van der Waals surface area contributed by atoms with Gasteiger partial charge in [0.2, 0.25) is 0 Å². The molecule has 0 atom stereocenters. The Morgan fingerprint density at radius 2 is 1.94 bits per heavy atom. The molecular formula is C15H19NO. The van der Waals surface area contributed by atoms with Crippen molar-refractivity contribution in [2.45, 2.75) is 44.8 Å². The molecule has 0 radical (unpaired) electrons. The zero-order valence-electron chi connectivity index (χ0n) is 10.1. The number of rotatable bonds is 2. The van der Waals surface area contributed by atoms with Crippen LogP contribution in [0.3, 0.4) is 0 Å². The molecule has 3 rings (SSSR count).